The van der Waals surface area contributed by atoms with E-state index in [1.807, 2.05) is 37.3 Å². The maximum Gasteiger partial charge on any atom is 0.244 e. The third-order valence-electron chi connectivity index (χ3n) is 4.08. The standard InChI is InChI=1S/C22H18ClFN2O/c1-15(26-22(27)11-8-16-4-2-7-20(24)12-16)17-5-3-6-18(13-17)19-9-10-21(23)25-14-19/h2-15H,1H3,(H,26,27)/b11-8+/t15-/m0/s1. The smallest absolute Gasteiger partial charge is 0.244 e. The van der Waals surface area contributed by atoms with E-state index in [1.54, 1.807) is 30.5 Å². The maximum atomic E-state index is 13.2. The fraction of sp³-hybridized carbons (Fsp3) is 0.0909. The minimum atomic E-state index is -0.334. The Bertz CT molecular complexity index is 970. The number of hydrogen-bond acceptors (Lipinski definition) is 2. The number of pyridine rings is 1. The molecule has 1 aromatic heterocycles. The summed E-state index contributed by atoms with van der Waals surface area (Å²) in [6, 6.07) is 17.4. The molecule has 0 radical (unpaired) electrons. The van der Waals surface area contributed by atoms with Crippen molar-refractivity contribution >= 4 is 23.6 Å². The molecule has 3 nitrogen and oxygen atoms in total. The molecule has 0 saturated heterocycles. The number of nitrogens with one attached hydrogen (secondary N) is 1. The number of halogens is 2. The van der Waals surface area contributed by atoms with Gasteiger partial charge in [-0.05, 0) is 60.0 Å². The Morgan fingerprint density at radius 2 is 1.93 bits per heavy atom. The van der Waals surface area contributed by atoms with Crippen LogP contribution in [-0.2, 0) is 4.79 Å². The highest BCUT2D eigenvalue weighted by molar-refractivity contribution is 6.29. The molecule has 27 heavy (non-hydrogen) atoms. The molecule has 3 aromatic rings. The molecule has 0 aliphatic heterocycles. The van der Waals surface area contributed by atoms with Crippen LogP contribution in [0.4, 0.5) is 4.39 Å². The van der Waals surface area contributed by atoms with Gasteiger partial charge in [0.25, 0.3) is 0 Å². The van der Waals surface area contributed by atoms with Crippen molar-refractivity contribution in [1.82, 2.24) is 10.3 Å². The molecule has 136 valence electrons. The lowest BCUT2D eigenvalue weighted by Gasteiger charge is -2.14. The number of carbonyl (C=O) groups excluding carboxylic acids is 1. The number of aromatic nitrogens is 1. The van der Waals surface area contributed by atoms with Gasteiger partial charge in [0.15, 0.2) is 0 Å². The lowest BCUT2D eigenvalue weighted by atomic mass is 10.0. The molecule has 0 fully saturated rings. The Balaban J connectivity index is 1.68. The predicted octanol–water partition coefficient (Wildman–Crippen LogP) is 5.43. The zero-order chi connectivity index (χ0) is 19.2. The minimum absolute atomic E-state index is 0.185. The van der Waals surface area contributed by atoms with Gasteiger partial charge >= 0.3 is 0 Å². The molecular weight excluding hydrogens is 363 g/mol. The first-order chi connectivity index (χ1) is 13.0. The normalized spacial score (nSPS) is 12.1. The molecule has 0 saturated carbocycles. The van der Waals surface area contributed by atoms with Gasteiger partial charge < -0.3 is 5.32 Å². The maximum absolute atomic E-state index is 13.2. The molecule has 1 heterocycles. The zero-order valence-corrected chi connectivity index (χ0v) is 15.5. The third kappa shape index (κ3) is 5.25. The van der Waals surface area contributed by atoms with Gasteiger partial charge in [-0.3, -0.25) is 4.79 Å². The van der Waals surface area contributed by atoms with E-state index < -0.39 is 0 Å². The number of rotatable bonds is 5. The molecule has 1 atom stereocenters. The summed E-state index contributed by atoms with van der Waals surface area (Å²) in [5.41, 5.74) is 3.55. The number of hydrogen-bond donors (Lipinski definition) is 1. The van der Waals surface area contributed by atoms with Gasteiger partial charge in [0.05, 0.1) is 6.04 Å². The van der Waals surface area contributed by atoms with Crippen LogP contribution in [0, 0.1) is 5.82 Å². The number of carbonyl (C=O) groups is 1. The lowest BCUT2D eigenvalue weighted by Crippen LogP contribution is -2.24. The van der Waals surface area contributed by atoms with Crippen molar-refractivity contribution in [3.8, 4) is 11.1 Å². The van der Waals surface area contributed by atoms with E-state index in [0.29, 0.717) is 10.7 Å². The second kappa shape index (κ2) is 8.60. The van der Waals surface area contributed by atoms with Crippen molar-refractivity contribution in [2.75, 3.05) is 0 Å². The van der Waals surface area contributed by atoms with Crippen LogP contribution in [0.5, 0.6) is 0 Å². The molecule has 5 heteroatoms. The van der Waals surface area contributed by atoms with Crippen LogP contribution in [0.3, 0.4) is 0 Å². The lowest BCUT2D eigenvalue weighted by molar-refractivity contribution is -0.117. The van der Waals surface area contributed by atoms with Crippen molar-refractivity contribution in [2.45, 2.75) is 13.0 Å². The van der Waals surface area contributed by atoms with E-state index in [-0.39, 0.29) is 17.8 Å². The van der Waals surface area contributed by atoms with E-state index in [0.717, 1.165) is 16.7 Å². The highest BCUT2D eigenvalue weighted by Gasteiger charge is 2.09. The zero-order valence-electron chi connectivity index (χ0n) is 14.7. The van der Waals surface area contributed by atoms with Crippen LogP contribution in [0.25, 0.3) is 17.2 Å². The molecule has 0 aliphatic rings. The van der Waals surface area contributed by atoms with E-state index in [2.05, 4.69) is 10.3 Å². The Labute approximate surface area is 162 Å². The first-order valence-corrected chi connectivity index (χ1v) is 8.85. The van der Waals surface area contributed by atoms with Gasteiger partial charge in [-0.15, -0.1) is 0 Å². The summed E-state index contributed by atoms with van der Waals surface area (Å²) < 4.78 is 13.2. The van der Waals surface area contributed by atoms with Gasteiger partial charge in [-0.2, -0.15) is 0 Å². The highest BCUT2D eigenvalue weighted by atomic mass is 35.5. The van der Waals surface area contributed by atoms with Crippen molar-refractivity contribution in [3.05, 3.63) is 95.0 Å². The second-order valence-corrected chi connectivity index (χ2v) is 6.50. The summed E-state index contributed by atoms with van der Waals surface area (Å²) in [4.78, 5) is 16.3. The number of nitrogens with zero attached hydrogens (tertiary/aromatic N) is 1. The SMILES string of the molecule is C[C@H](NC(=O)/C=C/c1cccc(F)c1)c1cccc(-c2ccc(Cl)nc2)c1. The molecule has 1 N–H and O–H groups in total. The molecule has 1 amide bonds. The van der Waals surface area contributed by atoms with Gasteiger partial charge in [0.2, 0.25) is 5.91 Å². The van der Waals surface area contributed by atoms with Gasteiger partial charge in [-0.1, -0.05) is 41.9 Å². The monoisotopic (exact) mass is 380 g/mol. The average Bonchev–Trinajstić information content (AvgIpc) is 2.67. The quantitative estimate of drug-likeness (QED) is 0.473. The summed E-state index contributed by atoms with van der Waals surface area (Å²) in [5.74, 6) is -0.579. The van der Waals surface area contributed by atoms with Crippen molar-refractivity contribution in [1.29, 1.82) is 0 Å². The largest absolute Gasteiger partial charge is 0.346 e. The molecule has 0 spiro atoms. The average molecular weight is 381 g/mol. The Morgan fingerprint density at radius 1 is 1.11 bits per heavy atom. The molecule has 0 bridgehead atoms. The third-order valence-corrected chi connectivity index (χ3v) is 4.31. The van der Waals surface area contributed by atoms with Crippen LogP contribution in [-0.4, -0.2) is 10.9 Å². The van der Waals surface area contributed by atoms with Crippen molar-refractivity contribution in [3.63, 3.8) is 0 Å². The van der Waals surface area contributed by atoms with Gasteiger partial charge in [-0.25, -0.2) is 9.37 Å². The number of amides is 1. The molecule has 0 aliphatic carbocycles. The summed E-state index contributed by atoms with van der Waals surface area (Å²) in [5, 5.41) is 3.36. The summed E-state index contributed by atoms with van der Waals surface area (Å²) in [6.45, 7) is 1.91. The van der Waals surface area contributed by atoms with E-state index in [4.69, 9.17) is 11.6 Å². The van der Waals surface area contributed by atoms with Crippen LogP contribution in [0.1, 0.15) is 24.1 Å². The van der Waals surface area contributed by atoms with Crippen molar-refractivity contribution in [2.24, 2.45) is 0 Å². The molecule has 0 unspecified atom stereocenters. The Hall–Kier alpha value is -2.98. The molecule has 3 rings (SSSR count). The van der Waals surface area contributed by atoms with Gasteiger partial charge in [0.1, 0.15) is 11.0 Å². The number of benzene rings is 2. The van der Waals surface area contributed by atoms with Crippen LogP contribution in [0.15, 0.2) is 72.9 Å². The fourth-order valence-corrected chi connectivity index (χ4v) is 2.77. The van der Waals surface area contributed by atoms with E-state index in [9.17, 15) is 9.18 Å². The minimum Gasteiger partial charge on any atom is -0.346 e. The predicted molar refractivity (Wildman–Crippen MR) is 107 cm³/mol. The molecule has 2 aromatic carbocycles. The summed E-state index contributed by atoms with van der Waals surface area (Å²) >= 11 is 5.83. The Morgan fingerprint density at radius 3 is 2.67 bits per heavy atom. The second-order valence-electron chi connectivity index (χ2n) is 6.11. The first-order valence-electron chi connectivity index (χ1n) is 8.47. The van der Waals surface area contributed by atoms with Crippen LogP contribution in [0.2, 0.25) is 5.15 Å². The van der Waals surface area contributed by atoms with Gasteiger partial charge in [0, 0.05) is 17.8 Å². The Kier molecular flexibility index (Phi) is 5.99. The topological polar surface area (TPSA) is 42.0 Å². The summed E-state index contributed by atoms with van der Waals surface area (Å²) in [7, 11) is 0. The summed E-state index contributed by atoms with van der Waals surface area (Å²) in [6.07, 6.45) is 4.70. The molecular formula is C22H18ClFN2O. The van der Waals surface area contributed by atoms with Crippen LogP contribution < -0.4 is 5.32 Å². The van der Waals surface area contributed by atoms with Crippen LogP contribution >= 0.6 is 11.6 Å². The highest BCUT2D eigenvalue weighted by Crippen LogP contribution is 2.23. The van der Waals surface area contributed by atoms with E-state index >= 15 is 0 Å². The van der Waals surface area contributed by atoms with E-state index in [1.165, 1.54) is 18.2 Å². The first kappa shape index (κ1) is 18.8. The fourth-order valence-electron chi connectivity index (χ4n) is 2.66. The van der Waals surface area contributed by atoms with Crippen molar-refractivity contribution < 1.29 is 9.18 Å².